The van der Waals surface area contributed by atoms with Crippen LogP contribution in [0.5, 0.6) is 0 Å². The Kier molecular flexibility index (Phi) is 6.15. The molecule has 0 bridgehead atoms. The Morgan fingerprint density at radius 3 is 2.64 bits per heavy atom. The Morgan fingerprint density at radius 1 is 1.11 bits per heavy atom. The van der Waals surface area contributed by atoms with Gasteiger partial charge in [0.2, 0.25) is 0 Å². The Labute approximate surface area is 218 Å². The van der Waals surface area contributed by atoms with Crippen LogP contribution in [0.4, 0.5) is 0 Å². The van der Waals surface area contributed by atoms with Gasteiger partial charge in [-0.15, -0.1) is 0 Å². The number of aliphatic hydroxyl groups excluding tert-OH is 1. The van der Waals surface area contributed by atoms with Crippen molar-refractivity contribution in [2.24, 2.45) is 34.5 Å². The van der Waals surface area contributed by atoms with E-state index in [1.165, 1.54) is 45.1 Å². The summed E-state index contributed by atoms with van der Waals surface area (Å²) in [5.74, 6) is 3.33. The monoisotopic (exact) mass is 490 g/mol. The fourth-order valence-electron chi connectivity index (χ4n) is 10.1. The Morgan fingerprint density at radius 2 is 1.86 bits per heavy atom. The summed E-state index contributed by atoms with van der Waals surface area (Å²) in [5, 5.41) is 10.7. The van der Waals surface area contributed by atoms with Crippen LogP contribution in [0.3, 0.4) is 0 Å². The van der Waals surface area contributed by atoms with Crippen molar-refractivity contribution in [1.82, 2.24) is 9.80 Å². The van der Waals surface area contributed by atoms with E-state index in [1.54, 1.807) is 5.57 Å². The van der Waals surface area contributed by atoms with E-state index in [0.29, 0.717) is 17.3 Å². The summed E-state index contributed by atoms with van der Waals surface area (Å²) in [6, 6.07) is 10.8. The van der Waals surface area contributed by atoms with Gasteiger partial charge in [0.1, 0.15) is 6.10 Å². The highest BCUT2D eigenvalue weighted by Gasteiger charge is 2.64. The van der Waals surface area contributed by atoms with Crippen molar-refractivity contribution in [3.05, 3.63) is 47.5 Å². The second-order valence-corrected chi connectivity index (χ2v) is 13.4. The van der Waals surface area contributed by atoms with E-state index in [-0.39, 0.29) is 11.9 Å². The number of allylic oxidation sites excluding steroid dienone is 1. The first-order valence-corrected chi connectivity index (χ1v) is 14.6. The third-order valence-corrected chi connectivity index (χ3v) is 12.1. The second-order valence-electron chi connectivity index (χ2n) is 13.4. The number of likely N-dealkylation sites (N-methyl/N-ethyl adjacent to an activating group) is 1. The van der Waals surface area contributed by atoms with Crippen molar-refractivity contribution in [2.75, 3.05) is 20.6 Å². The summed E-state index contributed by atoms with van der Waals surface area (Å²) in [7, 11) is 4.27. The number of hydrogen-bond donors (Lipinski definition) is 1. The largest absolute Gasteiger partial charge is 0.383 e. The fourth-order valence-corrected chi connectivity index (χ4v) is 10.1. The van der Waals surface area contributed by atoms with Gasteiger partial charge in [0.15, 0.2) is 0 Å². The molecular weight excluding hydrogens is 444 g/mol. The van der Waals surface area contributed by atoms with Crippen LogP contribution in [0, 0.1) is 34.5 Å². The summed E-state index contributed by atoms with van der Waals surface area (Å²) in [4.78, 5) is 17.7. The van der Waals surface area contributed by atoms with E-state index in [4.69, 9.17) is 0 Å². The van der Waals surface area contributed by atoms with Crippen molar-refractivity contribution in [1.29, 1.82) is 0 Å². The predicted octanol–water partition coefficient (Wildman–Crippen LogP) is 5.31. The highest BCUT2D eigenvalue weighted by molar-refractivity contribution is 5.81. The molecular formula is C32H46N2O2. The molecule has 5 aliphatic rings. The van der Waals surface area contributed by atoms with Crippen molar-refractivity contribution in [2.45, 2.75) is 89.8 Å². The quantitative estimate of drug-likeness (QED) is 0.582. The molecule has 36 heavy (non-hydrogen) atoms. The Balaban J connectivity index is 1.16. The standard InChI is InChI=1S/C32H46N2O2/c1-21-26-12-13-28-25-11-10-23-19-24(34(4)30(36)29(35)18-22-8-6-5-7-9-22)14-16-31(23,2)27(25)15-17-32(26,28)20-33(21)3/h5-10,21,24-29,35H,11-20H2,1-4H3/t21-,24-,25+,26+,27-,28-,29-,31-,32-/m0/s1. The molecule has 4 nitrogen and oxygen atoms in total. The molecule has 1 saturated heterocycles. The van der Waals surface area contributed by atoms with Crippen LogP contribution in [0.2, 0.25) is 0 Å². The predicted molar refractivity (Wildman–Crippen MR) is 144 cm³/mol. The average Bonchev–Trinajstić information content (AvgIpc) is 3.36. The first kappa shape index (κ1) is 24.7. The molecule has 0 radical (unpaired) electrons. The van der Waals surface area contributed by atoms with Gasteiger partial charge in [0.25, 0.3) is 5.91 Å². The number of aliphatic hydroxyl groups is 1. The molecule has 6 rings (SSSR count). The minimum Gasteiger partial charge on any atom is -0.383 e. The van der Waals surface area contributed by atoms with E-state index < -0.39 is 6.10 Å². The summed E-state index contributed by atoms with van der Waals surface area (Å²) < 4.78 is 0. The van der Waals surface area contributed by atoms with Crippen LogP contribution in [0.1, 0.15) is 70.8 Å². The molecule has 1 aromatic rings. The smallest absolute Gasteiger partial charge is 0.251 e. The van der Waals surface area contributed by atoms with E-state index >= 15 is 0 Å². The third-order valence-electron chi connectivity index (χ3n) is 12.1. The zero-order valence-corrected chi connectivity index (χ0v) is 22.8. The zero-order chi connectivity index (χ0) is 25.2. The lowest BCUT2D eigenvalue weighted by molar-refractivity contribution is -0.142. The number of likely N-dealkylation sites (tertiary alicyclic amines) is 1. The highest BCUT2D eigenvalue weighted by atomic mass is 16.3. The van der Waals surface area contributed by atoms with Crippen LogP contribution in [0.25, 0.3) is 0 Å². The van der Waals surface area contributed by atoms with Crippen LogP contribution in [0.15, 0.2) is 42.0 Å². The molecule has 1 aliphatic heterocycles. The van der Waals surface area contributed by atoms with Crippen LogP contribution in [-0.2, 0) is 11.2 Å². The van der Waals surface area contributed by atoms with Gasteiger partial charge in [-0.25, -0.2) is 0 Å². The summed E-state index contributed by atoms with van der Waals surface area (Å²) in [5.41, 5.74) is 3.49. The highest BCUT2D eigenvalue weighted by Crippen LogP contribution is 2.68. The third kappa shape index (κ3) is 3.65. The fraction of sp³-hybridized carbons (Fsp3) is 0.719. The normalized spacial score (nSPS) is 42.5. The Bertz CT molecular complexity index is 1020. The molecule has 4 aliphatic carbocycles. The zero-order valence-electron chi connectivity index (χ0n) is 22.8. The first-order chi connectivity index (χ1) is 17.2. The summed E-state index contributed by atoms with van der Waals surface area (Å²) in [6.45, 7) is 6.36. The van der Waals surface area contributed by atoms with Gasteiger partial charge >= 0.3 is 0 Å². The minimum atomic E-state index is -0.966. The van der Waals surface area contributed by atoms with E-state index in [9.17, 15) is 9.90 Å². The van der Waals surface area contributed by atoms with E-state index in [0.717, 1.165) is 48.1 Å². The number of carbonyl (C=O) groups is 1. The van der Waals surface area contributed by atoms with Gasteiger partial charge in [0.05, 0.1) is 0 Å². The molecule has 4 heteroatoms. The molecule has 1 aromatic carbocycles. The van der Waals surface area contributed by atoms with Crippen LogP contribution in [-0.4, -0.2) is 59.6 Å². The molecule has 4 fully saturated rings. The number of benzene rings is 1. The van der Waals surface area contributed by atoms with Gasteiger partial charge in [-0.3, -0.25) is 4.79 Å². The molecule has 0 aromatic heterocycles. The number of rotatable bonds is 4. The Hall–Kier alpha value is -1.65. The number of amides is 1. The van der Waals surface area contributed by atoms with Crippen molar-refractivity contribution >= 4 is 5.91 Å². The molecule has 1 heterocycles. The average molecular weight is 491 g/mol. The lowest BCUT2D eigenvalue weighted by Crippen LogP contribution is -2.53. The molecule has 1 spiro atoms. The maximum absolute atomic E-state index is 13.2. The topological polar surface area (TPSA) is 43.8 Å². The first-order valence-electron chi connectivity index (χ1n) is 14.6. The molecule has 9 atom stereocenters. The van der Waals surface area contributed by atoms with E-state index in [2.05, 4.69) is 31.9 Å². The summed E-state index contributed by atoms with van der Waals surface area (Å²) >= 11 is 0. The molecule has 196 valence electrons. The number of nitrogens with zero attached hydrogens (tertiary/aromatic N) is 2. The van der Waals surface area contributed by atoms with Crippen molar-refractivity contribution in [3.63, 3.8) is 0 Å². The summed E-state index contributed by atoms with van der Waals surface area (Å²) in [6.07, 6.45) is 12.2. The lowest BCUT2D eigenvalue weighted by Gasteiger charge is -2.58. The van der Waals surface area contributed by atoms with Crippen LogP contribution >= 0.6 is 0 Å². The molecule has 3 saturated carbocycles. The van der Waals surface area contributed by atoms with E-state index in [1.807, 2.05) is 42.3 Å². The maximum atomic E-state index is 13.2. The van der Waals surface area contributed by atoms with Gasteiger partial charge in [-0.1, -0.05) is 48.9 Å². The van der Waals surface area contributed by atoms with Gasteiger partial charge in [-0.2, -0.15) is 0 Å². The van der Waals surface area contributed by atoms with Crippen molar-refractivity contribution < 1.29 is 9.90 Å². The second kappa shape index (κ2) is 8.98. The lowest BCUT2D eigenvalue weighted by atomic mass is 9.47. The SMILES string of the molecule is C[C@H]1[C@H]2CC[C@H]3[C@@H]4CC=C5C[C@@H](N(C)C(=O)[C@@H](O)Cc6ccccc6)CC[C@]5(C)[C@H]4CC[C@]23CN1C. The van der Waals surface area contributed by atoms with Gasteiger partial charge in [0, 0.05) is 32.1 Å². The molecule has 1 amide bonds. The number of carbonyl (C=O) groups excluding carboxylic acids is 1. The molecule has 0 unspecified atom stereocenters. The number of fused-ring (bicyclic) bond motifs is 4. The van der Waals surface area contributed by atoms with Gasteiger partial charge in [-0.05, 0) is 105 Å². The minimum absolute atomic E-state index is 0.127. The van der Waals surface area contributed by atoms with Crippen LogP contribution < -0.4 is 0 Å². The molecule has 1 N–H and O–H groups in total. The maximum Gasteiger partial charge on any atom is 0.251 e. The van der Waals surface area contributed by atoms with Gasteiger partial charge < -0.3 is 14.9 Å². The number of hydrogen-bond acceptors (Lipinski definition) is 3. The van der Waals surface area contributed by atoms with Crippen molar-refractivity contribution in [3.8, 4) is 0 Å².